The van der Waals surface area contributed by atoms with Gasteiger partial charge < -0.3 is 5.32 Å². The fraction of sp³-hybridized carbons (Fsp3) is 0.278. The van der Waals surface area contributed by atoms with Crippen molar-refractivity contribution in [1.82, 2.24) is 5.32 Å². The summed E-state index contributed by atoms with van der Waals surface area (Å²) in [5.41, 5.74) is 1.47. The standard InChI is InChI=1S/C18H17ClFNO/c19-15-9-7-13(8-10-15)17(12-5-6-12)18(22)21-11-14-3-1-2-4-16(14)20/h1-4,7-10,12,17H,5-6,11H2,(H,21,22). The lowest BCUT2D eigenvalue weighted by Gasteiger charge is -2.17. The highest BCUT2D eigenvalue weighted by atomic mass is 35.5. The molecular formula is C18H17ClFNO. The number of hydrogen-bond donors (Lipinski definition) is 1. The van der Waals surface area contributed by atoms with Gasteiger partial charge in [-0.15, -0.1) is 0 Å². The number of halogens is 2. The number of hydrogen-bond acceptors (Lipinski definition) is 1. The summed E-state index contributed by atoms with van der Waals surface area (Å²) in [5.74, 6) is -0.142. The third-order valence-corrected chi connectivity index (χ3v) is 4.27. The fourth-order valence-electron chi connectivity index (χ4n) is 2.67. The summed E-state index contributed by atoms with van der Waals surface area (Å²) in [7, 11) is 0. The first-order valence-electron chi connectivity index (χ1n) is 7.42. The van der Waals surface area contributed by atoms with E-state index in [2.05, 4.69) is 5.32 Å². The third-order valence-electron chi connectivity index (χ3n) is 4.02. The predicted octanol–water partition coefficient (Wildman–Crippen LogP) is 4.29. The SMILES string of the molecule is O=C(NCc1ccccc1F)C(c1ccc(Cl)cc1)C1CC1. The molecule has 0 aromatic heterocycles. The molecule has 2 nitrogen and oxygen atoms in total. The zero-order valence-corrected chi connectivity index (χ0v) is 12.8. The molecular weight excluding hydrogens is 301 g/mol. The second kappa shape index (κ2) is 6.49. The van der Waals surface area contributed by atoms with E-state index in [1.54, 1.807) is 30.3 Å². The van der Waals surface area contributed by atoms with Gasteiger partial charge in [0.25, 0.3) is 0 Å². The number of carbonyl (C=O) groups excluding carboxylic acids is 1. The van der Waals surface area contributed by atoms with Gasteiger partial charge in [-0.1, -0.05) is 41.9 Å². The Morgan fingerprint density at radius 1 is 1.18 bits per heavy atom. The number of amides is 1. The van der Waals surface area contributed by atoms with Gasteiger partial charge in [0, 0.05) is 17.1 Å². The number of benzene rings is 2. The van der Waals surface area contributed by atoms with Gasteiger partial charge in [0.1, 0.15) is 5.82 Å². The van der Waals surface area contributed by atoms with Crippen molar-refractivity contribution in [2.45, 2.75) is 25.3 Å². The topological polar surface area (TPSA) is 29.1 Å². The summed E-state index contributed by atoms with van der Waals surface area (Å²) >= 11 is 5.91. The molecule has 1 atom stereocenters. The highest BCUT2D eigenvalue weighted by Crippen LogP contribution is 2.43. The molecule has 1 fully saturated rings. The summed E-state index contributed by atoms with van der Waals surface area (Å²) in [6.45, 7) is 0.211. The minimum Gasteiger partial charge on any atom is -0.351 e. The molecule has 1 aliphatic rings. The molecule has 2 aromatic rings. The Morgan fingerprint density at radius 3 is 2.50 bits per heavy atom. The van der Waals surface area contributed by atoms with Crippen molar-refractivity contribution < 1.29 is 9.18 Å². The minimum atomic E-state index is -0.294. The Balaban J connectivity index is 1.71. The van der Waals surface area contributed by atoms with E-state index in [1.807, 2.05) is 12.1 Å². The molecule has 0 aliphatic heterocycles. The van der Waals surface area contributed by atoms with Gasteiger partial charge >= 0.3 is 0 Å². The van der Waals surface area contributed by atoms with E-state index < -0.39 is 0 Å². The van der Waals surface area contributed by atoms with Gasteiger partial charge in [0.05, 0.1) is 5.92 Å². The van der Waals surface area contributed by atoms with E-state index in [9.17, 15) is 9.18 Å². The van der Waals surface area contributed by atoms with Crippen LogP contribution in [0.15, 0.2) is 48.5 Å². The minimum absolute atomic E-state index is 0.0481. The summed E-state index contributed by atoms with van der Waals surface area (Å²) in [6.07, 6.45) is 2.11. The van der Waals surface area contributed by atoms with Crippen LogP contribution < -0.4 is 5.32 Å². The molecule has 1 unspecified atom stereocenters. The molecule has 0 heterocycles. The zero-order chi connectivity index (χ0) is 15.5. The molecule has 1 amide bonds. The number of nitrogens with one attached hydrogen (secondary N) is 1. The van der Waals surface area contributed by atoms with Gasteiger partial charge in [-0.3, -0.25) is 4.79 Å². The largest absolute Gasteiger partial charge is 0.351 e. The first kappa shape index (κ1) is 15.0. The third kappa shape index (κ3) is 3.47. The van der Waals surface area contributed by atoms with Crippen LogP contribution in [0.3, 0.4) is 0 Å². The maximum Gasteiger partial charge on any atom is 0.228 e. The van der Waals surface area contributed by atoms with Crippen LogP contribution in [0.25, 0.3) is 0 Å². The molecule has 114 valence electrons. The highest BCUT2D eigenvalue weighted by Gasteiger charge is 2.37. The van der Waals surface area contributed by atoms with E-state index in [-0.39, 0.29) is 24.2 Å². The van der Waals surface area contributed by atoms with Crippen molar-refractivity contribution in [2.24, 2.45) is 5.92 Å². The molecule has 1 aliphatic carbocycles. The van der Waals surface area contributed by atoms with Crippen LogP contribution in [-0.4, -0.2) is 5.91 Å². The highest BCUT2D eigenvalue weighted by molar-refractivity contribution is 6.30. The molecule has 0 radical (unpaired) electrons. The lowest BCUT2D eigenvalue weighted by Crippen LogP contribution is -2.30. The summed E-state index contributed by atoms with van der Waals surface area (Å²) < 4.78 is 13.6. The Hall–Kier alpha value is -1.87. The molecule has 0 spiro atoms. The van der Waals surface area contributed by atoms with Crippen molar-refractivity contribution in [3.8, 4) is 0 Å². The molecule has 0 saturated heterocycles. The van der Waals surface area contributed by atoms with E-state index in [0.717, 1.165) is 18.4 Å². The average molecular weight is 318 g/mol. The second-order valence-corrected chi connectivity index (χ2v) is 6.11. The Morgan fingerprint density at radius 2 is 1.86 bits per heavy atom. The second-order valence-electron chi connectivity index (χ2n) is 5.68. The predicted molar refractivity (Wildman–Crippen MR) is 85.2 cm³/mol. The first-order valence-corrected chi connectivity index (χ1v) is 7.79. The fourth-order valence-corrected chi connectivity index (χ4v) is 2.80. The van der Waals surface area contributed by atoms with Crippen LogP contribution in [0.5, 0.6) is 0 Å². The van der Waals surface area contributed by atoms with Gasteiger partial charge in [-0.05, 0) is 42.5 Å². The quantitative estimate of drug-likeness (QED) is 0.875. The van der Waals surface area contributed by atoms with Crippen LogP contribution in [0.1, 0.15) is 29.9 Å². The van der Waals surface area contributed by atoms with Crippen LogP contribution in [0.4, 0.5) is 4.39 Å². The zero-order valence-electron chi connectivity index (χ0n) is 12.1. The molecule has 1 saturated carbocycles. The van der Waals surface area contributed by atoms with Crippen molar-refractivity contribution >= 4 is 17.5 Å². The molecule has 3 rings (SSSR count). The number of carbonyl (C=O) groups is 1. The van der Waals surface area contributed by atoms with Gasteiger partial charge in [0.2, 0.25) is 5.91 Å². The normalized spacial score (nSPS) is 15.4. The van der Waals surface area contributed by atoms with Crippen molar-refractivity contribution in [3.05, 3.63) is 70.5 Å². The van der Waals surface area contributed by atoms with Gasteiger partial charge in [-0.25, -0.2) is 4.39 Å². The van der Waals surface area contributed by atoms with E-state index in [1.165, 1.54) is 6.07 Å². The van der Waals surface area contributed by atoms with Gasteiger partial charge in [-0.2, -0.15) is 0 Å². The molecule has 1 N–H and O–H groups in total. The van der Waals surface area contributed by atoms with Crippen LogP contribution in [0.2, 0.25) is 5.02 Å². The van der Waals surface area contributed by atoms with Gasteiger partial charge in [0.15, 0.2) is 0 Å². The Bertz CT molecular complexity index is 667. The Kier molecular flexibility index (Phi) is 4.44. The van der Waals surface area contributed by atoms with Crippen LogP contribution in [-0.2, 0) is 11.3 Å². The van der Waals surface area contributed by atoms with Crippen molar-refractivity contribution in [2.75, 3.05) is 0 Å². The number of rotatable bonds is 5. The van der Waals surface area contributed by atoms with E-state index in [4.69, 9.17) is 11.6 Å². The van der Waals surface area contributed by atoms with Crippen molar-refractivity contribution in [1.29, 1.82) is 0 Å². The van der Waals surface area contributed by atoms with E-state index in [0.29, 0.717) is 16.5 Å². The molecule has 0 bridgehead atoms. The average Bonchev–Trinajstić information content (AvgIpc) is 3.33. The maximum absolute atomic E-state index is 13.6. The van der Waals surface area contributed by atoms with Crippen LogP contribution in [0, 0.1) is 11.7 Å². The monoisotopic (exact) mass is 317 g/mol. The van der Waals surface area contributed by atoms with Crippen LogP contribution >= 0.6 is 11.6 Å². The smallest absolute Gasteiger partial charge is 0.228 e. The summed E-state index contributed by atoms with van der Waals surface area (Å²) in [5, 5.41) is 3.52. The summed E-state index contributed by atoms with van der Waals surface area (Å²) in [6, 6.07) is 13.9. The molecule has 4 heteroatoms. The van der Waals surface area contributed by atoms with Crippen molar-refractivity contribution in [3.63, 3.8) is 0 Å². The molecule has 2 aromatic carbocycles. The first-order chi connectivity index (χ1) is 10.6. The lowest BCUT2D eigenvalue weighted by molar-refractivity contribution is -0.123. The Labute approximate surface area is 134 Å². The lowest BCUT2D eigenvalue weighted by atomic mass is 9.93. The summed E-state index contributed by atoms with van der Waals surface area (Å²) in [4.78, 5) is 12.5. The maximum atomic E-state index is 13.6. The molecule has 22 heavy (non-hydrogen) atoms. The van der Waals surface area contributed by atoms with E-state index >= 15 is 0 Å².